The van der Waals surface area contributed by atoms with Crippen LogP contribution in [0.5, 0.6) is 0 Å². The average molecular weight is 357 g/mol. The summed E-state index contributed by atoms with van der Waals surface area (Å²) in [5, 5.41) is 0. The van der Waals surface area contributed by atoms with Gasteiger partial charge in [0.25, 0.3) is 0 Å². The summed E-state index contributed by atoms with van der Waals surface area (Å²) in [5.41, 5.74) is 0. The van der Waals surface area contributed by atoms with E-state index >= 15 is 0 Å². The highest BCUT2D eigenvalue weighted by Crippen LogP contribution is 2.34. The van der Waals surface area contributed by atoms with E-state index in [2.05, 4.69) is 50.3 Å². The minimum atomic E-state index is 0.869. The molecule has 0 nitrogen and oxygen atoms in total. The van der Waals surface area contributed by atoms with Gasteiger partial charge >= 0.3 is 0 Å². The SMILES string of the molecule is C/C=C/CC[C@H]1CC[C@H](CC/C=C/[C@H]2CC[C@H](/C=C/CCC)CC2)CC1. The number of allylic oxidation sites excluding steroid dienone is 6. The molecule has 0 aromatic heterocycles. The van der Waals surface area contributed by atoms with E-state index in [0.717, 1.165) is 23.7 Å². The van der Waals surface area contributed by atoms with Crippen molar-refractivity contribution in [3.8, 4) is 0 Å². The lowest BCUT2D eigenvalue weighted by atomic mass is 9.78. The first kappa shape index (κ1) is 21.5. The maximum Gasteiger partial charge on any atom is -0.0233 e. The summed E-state index contributed by atoms with van der Waals surface area (Å²) in [5.74, 6) is 3.76. The monoisotopic (exact) mass is 356 g/mol. The van der Waals surface area contributed by atoms with E-state index in [9.17, 15) is 0 Å². The van der Waals surface area contributed by atoms with Crippen molar-refractivity contribution in [1.29, 1.82) is 0 Å². The maximum absolute atomic E-state index is 2.56. The minimum Gasteiger partial charge on any atom is -0.0917 e. The summed E-state index contributed by atoms with van der Waals surface area (Å²) < 4.78 is 0. The van der Waals surface area contributed by atoms with Crippen molar-refractivity contribution in [3.05, 3.63) is 36.5 Å². The van der Waals surface area contributed by atoms with Gasteiger partial charge in [-0.25, -0.2) is 0 Å². The lowest BCUT2D eigenvalue weighted by Crippen LogP contribution is -2.14. The first-order valence-electron chi connectivity index (χ1n) is 11.8. The number of hydrogen-bond donors (Lipinski definition) is 0. The molecule has 0 aromatic rings. The first-order valence-corrected chi connectivity index (χ1v) is 11.8. The Labute approximate surface area is 164 Å². The molecule has 0 bridgehead atoms. The Morgan fingerprint density at radius 1 is 0.615 bits per heavy atom. The molecule has 2 aliphatic rings. The molecule has 2 fully saturated rings. The average Bonchev–Trinajstić information content (AvgIpc) is 2.68. The van der Waals surface area contributed by atoms with E-state index in [-0.39, 0.29) is 0 Å². The Balaban J connectivity index is 1.52. The van der Waals surface area contributed by atoms with E-state index in [1.807, 2.05) is 0 Å². The van der Waals surface area contributed by atoms with Crippen molar-refractivity contribution in [2.75, 3.05) is 0 Å². The number of hydrogen-bond acceptors (Lipinski definition) is 0. The summed E-state index contributed by atoms with van der Waals surface area (Å²) >= 11 is 0. The zero-order valence-corrected chi connectivity index (χ0v) is 17.7. The summed E-state index contributed by atoms with van der Waals surface area (Å²) in [6, 6.07) is 0. The van der Waals surface area contributed by atoms with Crippen LogP contribution in [0.1, 0.15) is 104 Å². The molecule has 0 heteroatoms. The van der Waals surface area contributed by atoms with Crippen molar-refractivity contribution in [3.63, 3.8) is 0 Å². The maximum atomic E-state index is 2.56. The molecule has 0 spiro atoms. The van der Waals surface area contributed by atoms with Crippen LogP contribution in [0.15, 0.2) is 36.5 Å². The van der Waals surface area contributed by atoms with Crippen molar-refractivity contribution < 1.29 is 0 Å². The molecule has 2 rings (SSSR count). The number of rotatable bonds is 10. The van der Waals surface area contributed by atoms with Crippen molar-refractivity contribution in [2.45, 2.75) is 104 Å². The van der Waals surface area contributed by atoms with Crippen LogP contribution < -0.4 is 0 Å². The van der Waals surface area contributed by atoms with E-state index in [1.165, 1.54) is 89.9 Å². The minimum absolute atomic E-state index is 0.869. The highest BCUT2D eigenvalue weighted by molar-refractivity contribution is 4.96. The molecule has 0 saturated heterocycles. The Bertz CT molecular complexity index is 411. The predicted octanol–water partition coefficient (Wildman–Crippen LogP) is 8.65. The van der Waals surface area contributed by atoms with Crippen LogP contribution in [0.25, 0.3) is 0 Å². The Kier molecular flexibility index (Phi) is 11.1. The second-order valence-electron chi connectivity index (χ2n) is 8.93. The summed E-state index contributed by atoms with van der Waals surface area (Å²) in [4.78, 5) is 0. The van der Waals surface area contributed by atoms with Gasteiger partial charge in [-0.3, -0.25) is 0 Å². The fourth-order valence-electron chi connectivity index (χ4n) is 4.91. The standard InChI is InChI=1S/C26H44/c1-3-5-7-11-23-15-19-25(20-16-23)13-9-10-14-26-21-17-24(18-22-26)12-8-6-4-2/h3,5,8,10,12,14,23-26H,4,6-7,9,11,13,15-22H2,1-2H3/b5-3+,12-8+,14-10+/t23-,24-,25-,26-. The third kappa shape index (κ3) is 8.74. The van der Waals surface area contributed by atoms with Gasteiger partial charge in [0.15, 0.2) is 0 Å². The van der Waals surface area contributed by atoms with E-state index in [1.54, 1.807) is 0 Å². The van der Waals surface area contributed by atoms with Crippen molar-refractivity contribution in [1.82, 2.24) is 0 Å². The van der Waals surface area contributed by atoms with Crippen molar-refractivity contribution >= 4 is 0 Å². The Morgan fingerprint density at radius 2 is 1.08 bits per heavy atom. The zero-order valence-electron chi connectivity index (χ0n) is 17.7. The Morgan fingerprint density at radius 3 is 1.54 bits per heavy atom. The summed E-state index contributed by atoms with van der Waals surface area (Å²) in [7, 11) is 0. The molecule has 0 aromatic carbocycles. The highest BCUT2D eigenvalue weighted by atomic mass is 14.3. The third-order valence-corrected chi connectivity index (χ3v) is 6.77. The van der Waals surface area contributed by atoms with Crippen LogP contribution in [0.4, 0.5) is 0 Å². The van der Waals surface area contributed by atoms with Gasteiger partial charge in [0.1, 0.15) is 0 Å². The van der Waals surface area contributed by atoms with Crippen LogP contribution in [0, 0.1) is 23.7 Å². The topological polar surface area (TPSA) is 0 Å². The molecule has 0 unspecified atom stereocenters. The third-order valence-electron chi connectivity index (χ3n) is 6.77. The predicted molar refractivity (Wildman–Crippen MR) is 117 cm³/mol. The quantitative estimate of drug-likeness (QED) is 0.343. The van der Waals surface area contributed by atoms with E-state index in [4.69, 9.17) is 0 Å². The van der Waals surface area contributed by atoms with Crippen LogP contribution >= 0.6 is 0 Å². The van der Waals surface area contributed by atoms with E-state index in [0.29, 0.717) is 0 Å². The number of unbranched alkanes of at least 4 members (excludes halogenated alkanes) is 1. The fourth-order valence-corrected chi connectivity index (χ4v) is 4.91. The smallest absolute Gasteiger partial charge is 0.0233 e. The molecule has 0 heterocycles. The molecule has 0 amide bonds. The largest absolute Gasteiger partial charge is 0.0917 e. The summed E-state index contributed by atoms with van der Waals surface area (Å²) in [6.45, 7) is 4.41. The van der Waals surface area contributed by atoms with Gasteiger partial charge in [0.05, 0.1) is 0 Å². The molecule has 148 valence electrons. The van der Waals surface area contributed by atoms with Gasteiger partial charge < -0.3 is 0 Å². The molecule has 0 radical (unpaired) electrons. The van der Waals surface area contributed by atoms with Crippen LogP contribution in [0.2, 0.25) is 0 Å². The highest BCUT2D eigenvalue weighted by Gasteiger charge is 2.20. The normalized spacial score (nSPS) is 30.7. The zero-order chi connectivity index (χ0) is 18.5. The van der Waals surface area contributed by atoms with Crippen LogP contribution in [0.3, 0.4) is 0 Å². The fraction of sp³-hybridized carbons (Fsp3) is 0.769. The van der Waals surface area contributed by atoms with Gasteiger partial charge in [0.2, 0.25) is 0 Å². The molecular weight excluding hydrogens is 312 g/mol. The first-order chi connectivity index (χ1) is 12.8. The van der Waals surface area contributed by atoms with Gasteiger partial charge in [-0.1, -0.05) is 75.5 Å². The van der Waals surface area contributed by atoms with E-state index < -0.39 is 0 Å². The van der Waals surface area contributed by atoms with Crippen LogP contribution in [-0.2, 0) is 0 Å². The second-order valence-corrected chi connectivity index (χ2v) is 8.93. The van der Waals surface area contributed by atoms with Gasteiger partial charge in [-0.05, 0) is 88.4 Å². The second kappa shape index (κ2) is 13.4. The molecule has 0 atom stereocenters. The summed E-state index contributed by atoms with van der Waals surface area (Å²) in [6.07, 6.45) is 34.2. The van der Waals surface area contributed by atoms with Gasteiger partial charge in [0, 0.05) is 0 Å². The Hall–Kier alpha value is -0.780. The van der Waals surface area contributed by atoms with Gasteiger partial charge in [-0.2, -0.15) is 0 Å². The lowest BCUT2D eigenvalue weighted by Gasteiger charge is -2.28. The molecule has 0 N–H and O–H groups in total. The van der Waals surface area contributed by atoms with Gasteiger partial charge in [-0.15, -0.1) is 0 Å². The molecule has 0 aliphatic heterocycles. The lowest BCUT2D eigenvalue weighted by molar-refractivity contribution is 0.255. The molecular formula is C26H44. The van der Waals surface area contributed by atoms with Crippen molar-refractivity contribution in [2.24, 2.45) is 23.7 Å². The van der Waals surface area contributed by atoms with Crippen LogP contribution in [-0.4, -0.2) is 0 Å². The molecule has 2 saturated carbocycles. The molecule has 26 heavy (non-hydrogen) atoms. The molecule has 2 aliphatic carbocycles.